The van der Waals surface area contributed by atoms with Crippen LogP contribution in [0.1, 0.15) is 57.8 Å². The van der Waals surface area contributed by atoms with Crippen LogP contribution >= 0.6 is 0 Å². The predicted molar refractivity (Wildman–Crippen MR) is 88.5 cm³/mol. The van der Waals surface area contributed by atoms with Crippen LogP contribution in [0.2, 0.25) is 0 Å². The molecule has 0 spiro atoms. The van der Waals surface area contributed by atoms with Gasteiger partial charge in [0.25, 0.3) is 0 Å². The Morgan fingerprint density at radius 3 is 2.38 bits per heavy atom. The molecule has 1 aliphatic heterocycles. The molecule has 0 unspecified atom stereocenters. The minimum absolute atomic E-state index is 0.104. The van der Waals surface area contributed by atoms with Gasteiger partial charge in [0.2, 0.25) is 11.9 Å². The van der Waals surface area contributed by atoms with Gasteiger partial charge >= 0.3 is 12.1 Å². The van der Waals surface area contributed by atoms with Crippen molar-refractivity contribution in [3.8, 4) is 0 Å². The molecule has 1 heterocycles. The lowest BCUT2D eigenvalue weighted by Crippen LogP contribution is -2.44. The van der Waals surface area contributed by atoms with Gasteiger partial charge in [-0.1, -0.05) is 38.5 Å². The molecule has 0 saturated carbocycles. The zero-order valence-electron chi connectivity index (χ0n) is 14.3. The molecule has 0 aromatic heterocycles. The summed E-state index contributed by atoms with van der Waals surface area (Å²) in [7, 11) is 1.20. The van der Waals surface area contributed by atoms with Crippen molar-refractivity contribution in [2.75, 3.05) is 20.3 Å². The zero-order chi connectivity index (χ0) is 17.6. The molecule has 8 heteroatoms. The molecule has 0 aromatic rings. The Morgan fingerprint density at radius 1 is 1.08 bits per heavy atom. The fourth-order valence-corrected chi connectivity index (χ4v) is 2.28. The fourth-order valence-electron chi connectivity index (χ4n) is 2.28. The molecule has 0 saturated heterocycles. The van der Waals surface area contributed by atoms with Gasteiger partial charge in [-0.3, -0.25) is 20.2 Å². The van der Waals surface area contributed by atoms with E-state index in [9.17, 15) is 14.4 Å². The molecule has 0 radical (unpaired) electrons. The molecule has 0 bridgehead atoms. The first-order chi connectivity index (χ1) is 11.6. The van der Waals surface area contributed by atoms with E-state index in [0.29, 0.717) is 13.0 Å². The van der Waals surface area contributed by atoms with Crippen molar-refractivity contribution in [1.29, 1.82) is 0 Å². The predicted octanol–water partition coefficient (Wildman–Crippen LogP) is 1.88. The molecule has 2 amide bonds. The highest BCUT2D eigenvalue weighted by Crippen LogP contribution is 2.10. The molecular weight excluding hydrogens is 314 g/mol. The Labute approximate surface area is 142 Å². The van der Waals surface area contributed by atoms with Gasteiger partial charge in [-0.05, 0) is 12.8 Å². The molecule has 1 rings (SSSR count). The maximum absolute atomic E-state index is 11.9. The van der Waals surface area contributed by atoms with Gasteiger partial charge in [-0.15, -0.1) is 0 Å². The summed E-state index contributed by atoms with van der Waals surface area (Å²) in [5, 5.41) is 4.77. The average molecular weight is 341 g/mol. The van der Waals surface area contributed by atoms with E-state index >= 15 is 0 Å². The van der Waals surface area contributed by atoms with Gasteiger partial charge in [-0.25, -0.2) is 9.79 Å². The lowest BCUT2D eigenvalue weighted by molar-refractivity contribution is -0.142. The zero-order valence-corrected chi connectivity index (χ0v) is 14.3. The van der Waals surface area contributed by atoms with Gasteiger partial charge in [0, 0.05) is 6.42 Å². The molecule has 0 atom stereocenters. The number of carbonyl (C=O) groups is 3. The monoisotopic (exact) mass is 341 g/mol. The van der Waals surface area contributed by atoms with Crippen LogP contribution in [0.3, 0.4) is 0 Å². The minimum Gasteiger partial charge on any atom is -0.464 e. The Bertz CT molecular complexity index is 451. The van der Waals surface area contributed by atoms with E-state index in [-0.39, 0.29) is 18.4 Å². The summed E-state index contributed by atoms with van der Waals surface area (Å²) < 4.78 is 9.54. The number of hydrogen-bond acceptors (Lipinski definition) is 6. The summed E-state index contributed by atoms with van der Waals surface area (Å²) in [6, 6.07) is 0. The Kier molecular flexibility index (Phi) is 10.2. The van der Waals surface area contributed by atoms with E-state index < -0.39 is 12.1 Å². The van der Waals surface area contributed by atoms with E-state index in [4.69, 9.17) is 4.74 Å². The van der Waals surface area contributed by atoms with Crippen LogP contribution in [0.4, 0.5) is 4.79 Å². The number of hydrogen-bond donors (Lipinski definition) is 2. The molecule has 24 heavy (non-hydrogen) atoms. The number of methoxy groups -OCH3 is 1. The van der Waals surface area contributed by atoms with E-state index in [0.717, 1.165) is 51.4 Å². The minimum atomic E-state index is -0.770. The normalized spacial score (nSPS) is 19.3. The Morgan fingerprint density at radius 2 is 1.71 bits per heavy atom. The summed E-state index contributed by atoms with van der Waals surface area (Å²) in [6.45, 7) is 0.0834. The highest BCUT2D eigenvalue weighted by Gasteiger charge is 2.11. The molecular formula is C16H27N3O5. The second-order valence-electron chi connectivity index (χ2n) is 5.63. The van der Waals surface area contributed by atoms with Crippen LogP contribution < -0.4 is 10.6 Å². The van der Waals surface area contributed by atoms with Crippen molar-refractivity contribution in [3.63, 3.8) is 0 Å². The largest absolute Gasteiger partial charge is 0.464 e. The van der Waals surface area contributed by atoms with Crippen LogP contribution in [-0.2, 0) is 19.1 Å². The number of esters is 1. The van der Waals surface area contributed by atoms with Gasteiger partial charge in [0.05, 0.1) is 13.7 Å². The summed E-state index contributed by atoms with van der Waals surface area (Å²) in [6.07, 6.45) is 7.75. The highest BCUT2D eigenvalue weighted by atomic mass is 16.5. The van der Waals surface area contributed by atoms with Crippen molar-refractivity contribution in [2.24, 2.45) is 4.99 Å². The van der Waals surface area contributed by atoms with Crippen molar-refractivity contribution in [3.05, 3.63) is 0 Å². The van der Waals surface area contributed by atoms with E-state index in [1.54, 1.807) is 0 Å². The Balaban J connectivity index is 2.62. The summed E-state index contributed by atoms with van der Waals surface area (Å²) >= 11 is 0. The summed E-state index contributed by atoms with van der Waals surface area (Å²) in [5.74, 6) is -0.867. The summed E-state index contributed by atoms with van der Waals surface area (Å²) in [5.41, 5.74) is 0. The van der Waals surface area contributed by atoms with Crippen LogP contribution in [-0.4, -0.2) is 44.2 Å². The molecule has 0 fully saturated rings. The fraction of sp³-hybridized carbons (Fsp3) is 0.750. The van der Waals surface area contributed by atoms with Crippen LogP contribution in [0.25, 0.3) is 0 Å². The number of amides is 2. The smallest absolute Gasteiger partial charge is 0.413 e. The SMILES string of the molecule is COC(=O)NC1=NCC(=O)OCCCCCCCCCCC(=O)N1. The topological polar surface area (TPSA) is 106 Å². The van der Waals surface area contributed by atoms with E-state index in [1.165, 1.54) is 7.11 Å². The first-order valence-electron chi connectivity index (χ1n) is 8.46. The quantitative estimate of drug-likeness (QED) is 0.654. The molecule has 2 N–H and O–H groups in total. The third-order valence-corrected chi connectivity index (χ3v) is 3.59. The average Bonchev–Trinajstić information content (AvgIpc) is 2.56. The van der Waals surface area contributed by atoms with E-state index in [1.807, 2.05) is 0 Å². The van der Waals surface area contributed by atoms with Crippen molar-refractivity contribution >= 4 is 23.9 Å². The van der Waals surface area contributed by atoms with Gasteiger partial charge in [0.1, 0.15) is 6.54 Å². The highest BCUT2D eigenvalue weighted by molar-refractivity contribution is 6.03. The van der Waals surface area contributed by atoms with Crippen LogP contribution in [0.15, 0.2) is 4.99 Å². The second kappa shape index (κ2) is 12.3. The number of aliphatic imine (C=N–C) groups is 1. The third-order valence-electron chi connectivity index (χ3n) is 3.59. The molecule has 136 valence electrons. The van der Waals surface area contributed by atoms with Crippen LogP contribution in [0, 0.1) is 0 Å². The number of guanidine groups is 1. The van der Waals surface area contributed by atoms with Crippen molar-refractivity contribution in [2.45, 2.75) is 57.8 Å². The van der Waals surface area contributed by atoms with Gasteiger partial charge in [-0.2, -0.15) is 0 Å². The maximum atomic E-state index is 11.9. The number of alkyl carbamates (subject to hydrolysis) is 1. The number of cyclic esters (lactones) is 1. The lowest BCUT2D eigenvalue weighted by Gasteiger charge is -2.10. The lowest BCUT2D eigenvalue weighted by atomic mass is 10.1. The van der Waals surface area contributed by atoms with Crippen LogP contribution in [0.5, 0.6) is 0 Å². The maximum Gasteiger partial charge on any atom is 0.413 e. The molecule has 1 aliphatic rings. The number of nitrogens with zero attached hydrogens (tertiary/aromatic N) is 1. The number of nitrogens with one attached hydrogen (secondary N) is 2. The Hall–Kier alpha value is -2.12. The molecule has 8 nitrogen and oxygen atoms in total. The first-order valence-corrected chi connectivity index (χ1v) is 8.46. The third kappa shape index (κ3) is 9.81. The first kappa shape index (κ1) is 19.9. The van der Waals surface area contributed by atoms with Crippen molar-refractivity contribution < 1.29 is 23.9 Å². The number of ether oxygens (including phenoxy) is 2. The molecule has 0 aromatic carbocycles. The molecule has 0 aliphatic carbocycles. The number of rotatable bonds is 0. The van der Waals surface area contributed by atoms with Gasteiger partial charge in [0.15, 0.2) is 0 Å². The van der Waals surface area contributed by atoms with E-state index in [2.05, 4.69) is 20.4 Å². The number of carbonyl (C=O) groups excluding carboxylic acids is 3. The van der Waals surface area contributed by atoms with Crippen molar-refractivity contribution in [1.82, 2.24) is 10.6 Å². The van der Waals surface area contributed by atoms with Gasteiger partial charge < -0.3 is 9.47 Å². The second-order valence-corrected chi connectivity index (χ2v) is 5.63. The summed E-state index contributed by atoms with van der Waals surface area (Å²) in [4.78, 5) is 38.7. The standard InChI is InChI=1S/C16H27N3O5/c1-23-16(22)19-15-17-12-14(21)24-11-9-7-5-3-2-4-6-8-10-13(20)18-15/h2-12H2,1H3,(H2,17,18,19,20,22).